The van der Waals surface area contributed by atoms with Crippen molar-refractivity contribution < 1.29 is 28.4 Å². The summed E-state index contributed by atoms with van der Waals surface area (Å²) in [6.45, 7) is 0.693. The highest BCUT2D eigenvalue weighted by Gasteiger charge is 2.54. The number of aromatic carboxylic acids is 1. The summed E-state index contributed by atoms with van der Waals surface area (Å²) in [6, 6.07) is 11.9. The molecule has 0 atom stereocenters. The highest BCUT2D eigenvalue weighted by atomic mass is 35.5. The van der Waals surface area contributed by atoms with Crippen molar-refractivity contribution in [2.45, 2.75) is 62.3 Å². The van der Waals surface area contributed by atoms with Crippen LogP contribution in [0.5, 0.6) is 0 Å². The van der Waals surface area contributed by atoms with Crippen LogP contribution in [0.1, 0.15) is 72.0 Å². The van der Waals surface area contributed by atoms with Crippen molar-refractivity contribution in [3.8, 4) is 22.6 Å². The Kier molecular flexibility index (Phi) is 6.23. The average Bonchev–Trinajstić information content (AvgIpc) is 3.53. The van der Waals surface area contributed by atoms with Gasteiger partial charge in [-0.05, 0) is 62.8 Å². The van der Waals surface area contributed by atoms with Crippen molar-refractivity contribution in [2.75, 3.05) is 6.61 Å². The van der Waals surface area contributed by atoms with E-state index in [0.29, 0.717) is 70.6 Å². The number of hydrogen-bond acceptors (Lipinski definition) is 8. The first-order valence-corrected chi connectivity index (χ1v) is 14.0. The molecule has 0 unspecified atom stereocenters. The average molecular weight is 582 g/mol. The molecule has 2 saturated carbocycles. The molecule has 0 amide bonds. The van der Waals surface area contributed by atoms with Crippen LogP contribution in [0.4, 0.5) is 0 Å². The Morgan fingerprint density at radius 1 is 1.02 bits per heavy atom. The standard InChI is InChI=1S/C29H25Cl2N3O6/c30-20-5-2-6-21(31)22(20)23-19(24(39-33-23)16-7-8-16)14-37-28-9-11-29(12-10-28,38-15-28)27-32-25(34-40-27)17-3-1-4-18(13-17)26(35)36/h1-6,13,16H,7-12,14-15H2,(H,35,36). The summed E-state index contributed by atoms with van der Waals surface area (Å²) < 4.78 is 24.4. The Morgan fingerprint density at radius 2 is 1.77 bits per heavy atom. The Labute approximate surface area is 239 Å². The van der Waals surface area contributed by atoms with Gasteiger partial charge in [0.25, 0.3) is 5.89 Å². The quantitative estimate of drug-likeness (QED) is 0.233. The minimum Gasteiger partial charge on any atom is -0.478 e. The van der Waals surface area contributed by atoms with Crippen LogP contribution in [-0.2, 0) is 21.7 Å². The predicted molar refractivity (Wildman–Crippen MR) is 144 cm³/mol. The van der Waals surface area contributed by atoms with E-state index in [-0.39, 0.29) is 5.56 Å². The molecule has 2 aliphatic carbocycles. The number of benzene rings is 2. The lowest BCUT2D eigenvalue weighted by Gasteiger charge is -2.50. The zero-order chi connectivity index (χ0) is 27.5. The molecular weight excluding hydrogens is 557 g/mol. The first-order valence-electron chi connectivity index (χ1n) is 13.3. The number of carbonyl (C=O) groups is 1. The lowest BCUT2D eigenvalue weighted by atomic mass is 9.73. The zero-order valence-electron chi connectivity index (χ0n) is 21.4. The van der Waals surface area contributed by atoms with Gasteiger partial charge in [-0.3, -0.25) is 0 Å². The molecule has 206 valence electrons. The van der Waals surface area contributed by atoms with E-state index in [0.717, 1.165) is 37.0 Å². The predicted octanol–water partition coefficient (Wildman–Crippen LogP) is 7.03. The van der Waals surface area contributed by atoms with Gasteiger partial charge in [-0.25, -0.2) is 4.79 Å². The van der Waals surface area contributed by atoms with Crippen LogP contribution in [0.2, 0.25) is 10.0 Å². The molecule has 11 heteroatoms. The molecule has 4 aliphatic rings. The normalized spacial score (nSPS) is 23.9. The fourth-order valence-electron chi connectivity index (χ4n) is 5.72. The van der Waals surface area contributed by atoms with Crippen LogP contribution in [-0.4, -0.2) is 38.6 Å². The van der Waals surface area contributed by atoms with E-state index < -0.39 is 17.2 Å². The Hall–Kier alpha value is -3.24. The number of hydrogen-bond donors (Lipinski definition) is 1. The van der Waals surface area contributed by atoms with Crippen molar-refractivity contribution in [1.82, 2.24) is 15.3 Å². The van der Waals surface area contributed by atoms with Crippen LogP contribution in [0.25, 0.3) is 22.6 Å². The number of aromatic nitrogens is 3. The third-order valence-electron chi connectivity index (χ3n) is 8.25. The Morgan fingerprint density at radius 3 is 2.45 bits per heavy atom. The molecule has 2 bridgehead atoms. The minimum atomic E-state index is -1.01. The summed E-state index contributed by atoms with van der Waals surface area (Å²) in [4.78, 5) is 16.0. The molecule has 4 aromatic rings. The van der Waals surface area contributed by atoms with E-state index in [2.05, 4.69) is 15.3 Å². The number of nitrogens with zero attached hydrogens (tertiary/aromatic N) is 3. The van der Waals surface area contributed by atoms with Crippen molar-refractivity contribution in [3.63, 3.8) is 0 Å². The summed E-state index contributed by atoms with van der Waals surface area (Å²) in [5.74, 6) is 0.904. The van der Waals surface area contributed by atoms with Crippen molar-refractivity contribution >= 4 is 29.2 Å². The van der Waals surface area contributed by atoms with E-state index in [1.54, 1.807) is 30.3 Å². The van der Waals surface area contributed by atoms with Crippen LogP contribution in [0.3, 0.4) is 0 Å². The third-order valence-corrected chi connectivity index (χ3v) is 8.88. The largest absolute Gasteiger partial charge is 0.478 e. The first kappa shape index (κ1) is 25.7. The number of carboxylic acids is 1. The van der Waals surface area contributed by atoms with E-state index in [1.807, 2.05) is 0 Å². The van der Waals surface area contributed by atoms with E-state index in [9.17, 15) is 9.90 Å². The van der Waals surface area contributed by atoms with E-state index in [4.69, 9.17) is 41.7 Å². The summed E-state index contributed by atoms with van der Waals surface area (Å²) in [5.41, 5.74) is 1.76. The smallest absolute Gasteiger partial charge is 0.335 e. The van der Waals surface area contributed by atoms with Gasteiger partial charge in [0.15, 0.2) is 0 Å². The Balaban J connectivity index is 1.09. The highest BCUT2D eigenvalue weighted by molar-refractivity contribution is 6.39. The lowest BCUT2D eigenvalue weighted by molar-refractivity contribution is -0.250. The minimum absolute atomic E-state index is 0.160. The highest BCUT2D eigenvalue weighted by Crippen LogP contribution is 2.52. The molecule has 2 saturated heterocycles. The molecule has 0 radical (unpaired) electrons. The zero-order valence-corrected chi connectivity index (χ0v) is 22.9. The number of carboxylic acid groups (broad SMARTS) is 1. The van der Waals surface area contributed by atoms with Gasteiger partial charge < -0.3 is 23.6 Å². The van der Waals surface area contributed by atoms with Crippen molar-refractivity contribution in [1.29, 1.82) is 0 Å². The van der Waals surface area contributed by atoms with Crippen LogP contribution < -0.4 is 0 Å². The monoisotopic (exact) mass is 581 g/mol. The molecule has 1 N–H and O–H groups in total. The number of rotatable bonds is 8. The first-order chi connectivity index (χ1) is 19.4. The molecule has 4 fully saturated rings. The van der Waals surface area contributed by atoms with Gasteiger partial charge in [-0.1, -0.05) is 51.7 Å². The van der Waals surface area contributed by atoms with Crippen LogP contribution >= 0.6 is 23.2 Å². The number of ether oxygens (including phenoxy) is 2. The molecule has 8 rings (SSSR count). The second-order valence-corrected chi connectivity index (χ2v) is 11.6. The van der Waals surface area contributed by atoms with Gasteiger partial charge in [0, 0.05) is 22.6 Å². The van der Waals surface area contributed by atoms with Gasteiger partial charge in [0.1, 0.15) is 17.1 Å². The van der Waals surface area contributed by atoms with Crippen molar-refractivity contribution in [2.24, 2.45) is 0 Å². The molecule has 4 heterocycles. The van der Waals surface area contributed by atoms with Gasteiger partial charge in [-0.15, -0.1) is 0 Å². The topological polar surface area (TPSA) is 121 Å². The maximum atomic E-state index is 11.4. The second kappa shape index (κ2) is 9.69. The molecular formula is C29H25Cl2N3O6. The fourth-order valence-corrected chi connectivity index (χ4v) is 6.30. The van der Waals surface area contributed by atoms with E-state index >= 15 is 0 Å². The summed E-state index contributed by atoms with van der Waals surface area (Å²) in [5, 5.41) is 18.8. The number of halogens is 2. The van der Waals surface area contributed by atoms with Crippen LogP contribution in [0.15, 0.2) is 51.5 Å². The molecule has 2 aromatic carbocycles. The summed E-state index contributed by atoms with van der Waals surface area (Å²) in [7, 11) is 0. The summed E-state index contributed by atoms with van der Waals surface area (Å²) in [6.07, 6.45) is 4.94. The van der Waals surface area contributed by atoms with Crippen molar-refractivity contribution in [3.05, 3.63) is 75.3 Å². The molecule has 9 nitrogen and oxygen atoms in total. The SMILES string of the molecule is O=C(O)c1cccc(-c2noc(C34CCC(OCc5c(-c6c(Cl)cccc6Cl)noc5C5CC5)(CC3)CO4)n2)c1. The molecule has 2 aliphatic heterocycles. The van der Waals surface area contributed by atoms with Gasteiger partial charge >= 0.3 is 5.97 Å². The fraction of sp³-hybridized carbons (Fsp3) is 0.379. The van der Waals surface area contributed by atoms with E-state index in [1.165, 1.54) is 12.1 Å². The lowest BCUT2D eigenvalue weighted by Crippen LogP contribution is -2.54. The summed E-state index contributed by atoms with van der Waals surface area (Å²) >= 11 is 13.0. The van der Waals surface area contributed by atoms with Gasteiger partial charge in [0.05, 0.1) is 34.4 Å². The number of fused-ring (bicyclic) bond motifs is 3. The maximum Gasteiger partial charge on any atom is 0.335 e. The Bertz CT molecular complexity index is 1570. The maximum absolute atomic E-state index is 11.4. The molecule has 0 spiro atoms. The van der Waals surface area contributed by atoms with Crippen LogP contribution in [0, 0.1) is 0 Å². The van der Waals surface area contributed by atoms with Gasteiger partial charge in [0.2, 0.25) is 5.82 Å². The molecule has 2 aromatic heterocycles. The molecule has 40 heavy (non-hydrogen) atoms. The third kappa shape index (κ3) is 4.41. The van der Waals surface area contributed by atoms with Gasteiger partial charge in [-0.2, -0.15) is 4.98 Å². The second-order valence-electron chi connectivity index (χ2n) is 10.8.